The minimum absolute atomic E-state index is 0.0369. The van der Waals surface area contributed by atoms with Gasteiger partial charge in [0.25, 0.3) is 0 Å². The molecule has 0 heterocycles. The monoisotopic (exact) mass is 472 g/mol. The number of para-hydroxylation sites is 2. The summed E-state index contributed by atoms with van der Waals surface area (Å²) in [6.07, 6.45) is -0.771. The first-order chi connectivity index (χ1) is 16.5. The average molecular weight is 472 g/mol. The van der Waals surface area contributed by atoms with Gasteiger partial charge in [-0.15, -0.1) is 0 Å². The van der Waals surface area contributed by atoms with Gasteiger partial charge in [-0.2, -0.15) is 0 Å². The molecular formula is C24H28N2O8. The molecule has 34 heavy (non-hydrogen) atoms. The largest absolute Gasteiger partial charge is 0.469 e. The van der Waals surface area contributed by atoms with E-state index in [9.17, 15) is 19.2 Å². The van der Waals surface area contributed by atoms with E-state index in [1.54, 1.807) is 60.7 Å². The maximum atomic E-state index is 12.4. The van der Waals surface area contributed by atoms with Crippen molar-refractivity contribution in [2.24, 2.45) is 5.92 Å². The number of carbonyl (C=O) groups is 4. The Balaban J connectivity index is 1.69. The molecule has 10 nitrogen and oxygen atoms in total. The molecule has 1 unspecified atom stereocenters. The van der Waals surface area contributed by atoms with Crippen LogP contribution < -0.4 is 20.1 Å². The summed E-state index contributed by atoms with van der Waals surface area (Å²) >= 11 is 0. The molecule has 182 valence electrons. The lowest BCUT2D eigenvalue weighted by Gasteiger charge is -2.15. The number of esters is 2. The highest BCUT2D eigenvalue weighted by Crippen LogP contribution is 2.15. The van der Waals surface area contributed by atoms with Gasteiger partial charge in [0.2, 0.25) is 0 Å². The molecule has 10 heteroatoms. The number of hydrogen-bond acceptors (Lipinski definition) is 8. The Morgan fingerprint density at radius 1 is 0.794 bits per heavy atom. The van der Waals surface area contributed by atoms with Crippen LogP contribution in [0.3, 0.4) is 0 Å². The average Bonchev–Trinajstić information content (AvgIpc) is 2.84. The van der Waals surface area contributed by atoms with E-state index in [1.165, 1.54) is 7.11 Å². The summed E-state index contributed by atoms with van der Waals surface area (Å²) in [6.45, 7) is 0.181. The number of rotatable bonds is 12. The van der Waals surface area contributed by atoms with Crippen LogP contribution in [-0.4, -0.2) is 50.9 Å². The Kier molecular flexibility index (Phi) is 11.5. The lowest BCUT2D eigenvalue weighted by molar-refractivity contribution is -0.154. The second-order valence-electron chi connectivity index (χ2n) is 7.05. The van der Waals surface area contributed by atoms with Crippen molar-refractivity contribution >= 4 is 24.1 Å². The van der Waals surface area contributed by atoms with Gasteiger partial charge in [0.15, 0.2) is 0 Å². The maximum absolute atomic E-state index is 12.4. The van der Waals surface area contributed by atoms with E-state index in [-0.39, 0.29) is 32.5 Å². The third-order valence-corrected chi connectivity index (χ3v) is 4.50. The number of methoxy groups -OCH3 is 1. The Morgan fingerprint density at radius 2 is 1.32 bits per heavy atom. The van der Waals surface area contributed by atoms with E-state index in [0.717, 1.165) is 0 Å². The summed E-state index contributed by atoms with van der Waals surface area (Å²) in [5.41, 5.74) is 0. The lowest BCUT2D eigenvalue weighted by Crippen LogP contribution is -2.32. The summed E-state index contributed by atoms with van der Waals surface area (Å²) in [5.74, 6) is -1.11. The SMILES string of the molecule is COC(=O)CC(CCCNC(=O)Oc1ccccc1)C(=O)OCCNC(=O)Oc1ccccc1. The molecule has 0 saturated carbocycles. The number of benzene rings is 2. The summed E-state index contributed by atoms with van der Waals surface area (Å²) in [6, 6.07) is 17.1. The van der Waals surface area contributed by atoms with Gasteiger partial charge < -0.3 is 29.6 Å². The molecule has 2 amide bonds. The molecule has 0 aromatic heterocycles. The quantitative estimate of drug-likeness (QED) is 0.356. The number of amides is 2. The Morgan fingerprint density at radius 3 is 1.85 bits per heavy atom. The fourth-order valence-electron chi connectivity index (χ4n) is 2.81. The zero-order valence-corrected chi connectivity index (χ0v) is 18.9. The fourth-order valence-corrected chi connectivity index (χ4v) is 2.81. The molecule has 0 spiro atoms. The van der Waals surface area contributed by atoms with Crippen LogP contribution in [0.1, 0.15) is 19.3 Å². The number of ether oxygens (including phenoxy) is 4. The van der Waals surface area contributed by atoms with Gasteiger partial charge in [0.1, 0.15) is 18.1 Å². The van der Waals surface area contributed by atoms with Gasteiger partial charge in [-0.25, -0.2) is 9.59 Å². The lowest BCUT2D eigenvalue weighted by atomic mass is 9.99. The molecule has 2 aromatic rings. The molecule has 2 rings (SSSR count). The van der Waals surface area contributed by atoms with Crippen molar-refractivity contribution in [2.45, 2.75) is 19.3 Å². The van der Waals surface area contributed by atoms with Crippen molar-refractivity contribution < 1.29 is 38.1 Å². The molecule has 2 aromatic carbocycles. The van der Waals surface area contributed by atoms with Crippen molar-refractivity contribution in [1.82, 2.24) is 10.6 Å². The summed E-state index contributed by atoms with van der Waals surface area (Å²) < 4.78 is 20.0. The van der Waals surface area contributed by atoms with Crippen molar-refractivity contribution in [2.75, 3.05) is 26.8 Å². The van der Waals surface area contributed by atoms with E-state index in [1.807, 2.05) is 0 Å². The summed E-state index contributed by atoms with van der Waals surface area (Å²) in [7, 11) is 1.23. The molecule has 0 fully saturated rings. The van der Waals surface area contributed by atoms with Crippen LogP contribution >= 0.6 is 0 Å². The van der Waals surface area contributed by atoms with Gasteiger partial charge in [-0.3, -0.25) is 9.59 Å². The molecule has 0 aliphatic rings. The smallest absolute Gasteiger partial charge is 0.412 e. The molecule has 0 saturated heterocycles. The van der Waals surface area contributed by atoms with Gasteiger partial charge in [-0.1, -0.05) is 36.4 Å². The molecular weight excluding hydrogens is 444 g/mol. The van der Waals surface area contributed by atoms with Crippen LogP contribution in [0, 0.1) is 5.92 Å². The van der Waals surface area contributed by atoms with E-state index < -0.39 is 30.0 Å². The predicted molar refractivity (Wildman–Crippen MR) is 121 cm³/mol. The van der Waals surface area contributed by atoms with E-state index in [2.05, 4.69) is 15.4 Å². The van der Waals surface area contributed by atoms with Crippen molar-refractivity contribution in [3.8, 4) is 11.5 Å². The van der Waals surface area contributed by atoms with Crippen molar-refractivity contribution in [1.29, 1.82) is 0 Å². The summed E-state index contributed by atoms with van der Waals surface area (Å²) in [4.78, 5) is 47.6. The zero-order chi connectivity index (χ0) is 24.6. The maximum Gasteiger partial charge on any atom is 0.412 e. The summed E-state index contributed by atoms with van der Waals surface area (Å²) in [5, 5.41) is 5.06. The van der Waals surface area contributed by atoms with Gasteiger partial charge >= 0.3 is 24.1 Å². The highest BCUT2D eigenvalue weighted by Gasteiger charge is 2.23. The second kappa shape index (κ2) is 14.9. The molecule has 0 bridgehead atoms. The van der Waals surface area contributed by atoms with Crippen LogP contribution in [0.4, 0.5) is 9.59 Å². The van der Waals surface area contributed by atoms with E-state index in [0.29, 0.717) is 17.9 Å². The molecule has 0 aliphatic carbocycles. The Hall–Kier alpha value is -4.08. The van der Waals surface area contributed by atoms with Crippen LogP contribution in [-0.2, 0) is 19.1 Å². The van der Waals surface area contributed by atoms with E-state index >= 15 is 0 Å². The third-order valence-electron chi connectivity index (χ3n) is 4.50. The Bertz CT molecular complexity index is 921. The van der Waals surface area contributed by atoms with Crippen LogP contribution in [0.5, 0.6) is 11.5 Å². The second-order valence-corrected chi connectivity index (χ2v) is 7.05. The van der Waals surface area contributed by atoms with Gasteiger partial charge in [-0.05, 0) is 37.1 Å². The standard InChI is InChI=1S/C24H28N2O8/c1-31-21(27)17-18(9-8-14-25-23(29)33-19-10-4-2-5-11-19)22(28)32-16-15-26-24(30)34-20-12-6-3-7-13-20/h2-7,10-13,18H,8-9,14-17H2,1H3,(H,25,29)(H,26,30). The van der Waals surface area contributed by atoms with E-state index in [4.69, 9.17) is 14.2 Å². The Labute approximate surface area is 197 Å². The van der Waals surface area contributed by atoms with Crippen LogP contribution in [0.2, 0.25) is 0 Å². The fraction of sp³-hybridized carbons (Fsp3) is 0.333. The van der Waals surface area contributed by atoms with Gasteiger partial charge in [0.05, 0.1) is 26.0 Å². The third kappa shape index (κ3) is 10.5. The molecule has 0 aliphatic heterocycles. The predicted octanol–water partition coefficient (Wildman–Crippen LogP) is 3.07. The highest BCUT2D eigenvalue weighted by molar-refractivity contribution is 5.80. The molecule has 2 N–H and O–H groups in total. The topological polar surface area (TPSA) is 129 Å². The number of hydrogen-bond donors (Lipinski definition) is 2. The first-order valence-corrected chi connectivity index (χ1v) is 10.7. The first-order valence-electron chi connectivity index (χ1n) is 10.7. The van der Waals surface area contributed by atoms with Gasteiger partial charge in [0, 0.05) is 6.54 Å². The number of carbonyl (C=O) groups excluding carboxylic acids is 4. The number of nitrogens with one attached hydrogen (secondary N) is 2. The van der Waals surface area contributed by atoms with Crippen LogP contribution in [0.25, 0.3) is 0 Å². The zero-order valence-electron chi connectivity index (χ0n) is 18.9. The normalized spacial score (nSPS) is 11.0. The minimum atomic E-state index is -0.754. The highest BCUT2D eigenvalue weighted by atomic mass is 16.6. The minimum Gasteiger partial charge on any atom is -0.469 e. The van der Waals surface area contributed by atoms with Crippen LogP contribution in [0.15, 0.2) is 60.7 Å². The molecule has 1 atom stereocenters. The van der Waals surface area contributed by atoms with Crippen molar-refractivity contribution in [3.05, 3.63) is 60.7 Å². The van der Waals surface area contributed by atoms with Crippen molar-refractivity contribution in [3.63, 3.8) is 0 Å². The first kappa shape index (κ1) is 26.2. The molecule has 0 radical (unpaired) electrons.